The van der Waals surface area contributed by atoms with Gasteiger partial charge in [0.15, 0.2) is 6.10 Å². The molecule has 0 amide bonds. The number of ketones is 1. The molecular formula is C17H15Cl2FN2O3. The van der Waals surface area contributed by atoms with E-state index in [1.54, 1.807) is 14.1 Å². The number of pyridine rings is 1. The molecule has 2 rings (SSSR count). The zero-order valence-corrected chi connectivity index (χ0v) is 15.3. The number of rotatable bonds is 5. The number of fused-ring (bicyclic) bond motifs is 1. The van der Waals surface area contributed by atoms with Crippen LogP contribution in [0.4, 0.5) is 4.39 Å². The minimum atomic E-state index is -1.11. The molecule has 0 aliphatic carbocycles. The van der Waals surface area contributed by atoms with Crippen LogP contribution < -0.4 is 0 Å². The van der Waals surface area contributed by atoms with Crippen LogP contribution in [-0.4, -0.2) is 41.8 Å². The fourth-order valence-corrected chi connectivity index (χ4v) is 2.40. The van der Waals surface area contributed by atoms with Crippen LogP contribution in [0.3, 0.4) is 0 Å². The van der Waals surface area contributed by atoms with Crippen molar-refractivity contribution in [2.45, 2.75) is 13.0 Å². The first kappa shape index (κ1) is 19.1. The summed E-state index contributed by atoms with van der Waals surface area (Å²) in [6, 6.07) is 3.86. The standard InChI is InChI=1S/C17H15Cl2FN2O3/c1-8(22(3)4)17(24)25-9(2)15(23)11-5-10-6-13(20)12(18)7-14(10)21-16(11)19/h5-7,9H,1H2,2-4H3. The molecule has 5 nitrogen and oxygen atoms in total. The Balaban J connectivity index is 2.32. The lowest BCUT2D eigenvalue weighted by Gasteiger charge is -2.18. The van der Waals surface area contributed by atoms with E-state index >= 15 is 0 Å². The van der Waals surface area contributed by atoms with Crippen LogP contribution >= 0.6 is 23.2 Å². The van der Waals surface area contributed by atoms with Crippen LogP contribution in [0.5, 0.6) is 0 Å². The maximum absolute atomic E-state index is 13.6. The first-order valence-electron chi connectivity index (χ1n) is 7.18. The van der Waals surface area contributed by atoms with Crippen molar-refractivity contribution in [2.24, 2.45) is 0 Å². The second-order valence-electron chi connectivity index (χ2n) is 5.54. The number of aromatic nitrogens is 1. The smallest absolute Gasteiger partial charge is 0.354 e. The van der Waals surface area contributed by atoms with Crippen LogP contribution in [0.1, 0.15) is 17.3 Å². The van der Waals surface area contributed by atoms with Gasteiger partial charge in [-0.05, 0) is 25.1 Å². The highest BCUT2D eigenvalue weighted by Crippen LogP contribution is 2.26. The number of Topliss-reactive ketones (excluding diaryl/α,β-unsaturated/α-hetero) is 1. The zero-order valence-electron chi connectivity index (χ0n) is 13.8. The fraction of sp³-hybridized carbons (Fsp3) is 0.235. The lowest BCUT2D eigenvalue weighted by atomic mass is 10.1. The Bertz CT molecular complexity index is 884. The molecule has 8 heteroatoms. The van der Waals surface area contributed by atoms with Crippen LogP contribution in [0, 0.1) is 5.82 Å². The lowest BCUT2D eigenvalue weighted by Crippen LogP contribution is -2.28. The van der Waals surface area contributed by atoms with Gasteiger partial charge in [0, 0.05) is 19.5 Å². The molecule has 0 bridgehead atoms. The van der Waals surface area contributed by atoms with E-state index in [0.717, 1.165) is 6.07 Å². The third-order valence-corrected chi connectivity index (χ3v) is 4.08. The molecule has 1 atom stereocenters. The van der Waals surface area contributed by atoms with Crippen molar-refractivity contribution < 1.29 is 18.7 Å². The van der Waals surface area contributed by atoms with Gasteiger partial charge in [0.2, 0.25) is 5.78 Å². The monoisotopic (exact) mass is 384 g/mol. The van der Waals surface area contributed by atoms with Crippen molar-refractivity contribution in [1.82, 2.24) is 9.88 Å². The highest BCUT2D eigenvalue weighted by molar-refractivity contribution is 6.34. The number of carbonyl (C=O) groups excluding carboxylic acids is 2. The van der Waals surface area contributed by atoms with Gasteiger partial charge in [-0.1, -0.05) is 29.8 Å². The van der Waals surface area contributed by atoms with E-state index in [4.69, 9.17) is 27.9 Å². The third kappa shape index (κ3) is 4.08. The number of benzene rings is 1. The maximum atomic E-state index is 13.6. The van der Waals surface area contributed by atoms with Gasteiger partial charge in [-0.3, -0.25) is 4.79 Å². The molecule has 1 heterocycles. The molecule has 0 saturated carbocycles. The number of esters is 1. The molecule has 25 heavy (non-hydrogen) atoms. The molecule has 0 aliphatic heterocycles. The van der Waals surface area contributed by atoms with E-state index in [2.05, 4.69) is 11.6 Å². The second kappa shape index (κ2) is 7.37. The summed E-state index contributed by atoms with van der Waals surface area (Å²) in [7, 11) is 3.25. The van der Waals surface area contributed by atoms with Crippen molar-refractivity contribution in [1.29, 1.82) is 0 Å². The molecule has 0 fully saturated rings. The largest absolute Gasteiger partial charge is 0.450 e. The summed E-state index contributed by atoms with van der Waals surface area (Å²) in [5.74, 6) is -1.93. The minimum absolute atomic E-state index is 0.0201. The highest BCUT2D eigenvalue weighted by atomic mass is 35.5. The molecule has 0 N–H and O–H groups in total. The number of hydrogen-bond donors (Lipinski definition) is 0. The van der Waals surface area contributed by atoms with Crippen molar-refractivity contribution in [3.05, 3.63) is 52.0 Å². The Morgan fingerprint density at radius 2 is 1.92 bits per heavy atom. The van der Waals surface area contributed by atoms with Gasteiger partial charge in [0.1, 0.15) is 16.7 Å². The summed E-state index contributed by atoms with van der Waals surface area (Å²) in [5, 5.41) is 0.167. The summed E-state index contributed by atoms with van der Waals surface area (Å²) in [4.78, 5) is 29.9. The van der Waals surface area contributed by atoms with E-state index in [1.165, 1.54) is 24.0 Å². The van der Waals surface area contributed by atoms with Crippen molar-refractivity contribution in [3.8, 4) is 0 Å². The summed E-state index contributed by atoms with van der Waals surface area (Å²) in [5.41, 5.74) is 0.462. The predicted octanol–water partition coefficient (Wildman–Crippen LogP) is 3.87. The Morgan fingerprint density at radius 1 is 1.28 bits per heavy atom. The highest BCUT2D eigenvalue weighted by Gasteiger charge is 2.24. The fourth-order valence-electron chi connectivity index (χ4n) is 2.00. The first-order valence-corrected chi connectivity index (χ1v) is 7.94. The number of carbonyl (C=O) groups is 2. The Morgan fingerprint density at radius 3 is 2.52 bits per heavy atom. The number of nitrogens with zero attached hydrogens (tertiary/aromatic N) is 2. The first-order chi connectivity index (χ1) is 11.6. The van der Waals surface area contributed by atoms with Gasteiger partial charge in [0.05, 0.1) is 16.1 Å². The van der Waals surface area contributed by atoms with Crippen LogP contribution in [0.25, 0.3) is 10.9 Å². The van der Waals surface area contributed by atoms with E-state index in [0.29, 0.717) is 10.9 Å². The molecular weight excluding hydrogens is 370 g/mol. The molecule has 0 radical (unpaired) electrons. The molecule has 0 spiro atoms. The summed E-state index contributed by atoms with van der Waals surface area (Å²) in [6.07, 6.45) is -1.11. The number of hydrogen-bond acceptors (Lipinski definition) is 5. The van der Waals surface area contributed by atoms with Gasteiger partial charge >= 0.3 is 5.97 Å². The number of likely N-dealkylation sites (N-methyl/N-ethyl adjacent to an activating group) is 1. The quantitative estimate of drug-likeness (QED) is 0.339. The predicted molar refractivity (Wildman–Crippen MR) is 94.4 cm³/mol. The molecule has 2 aromatic rings. The van der Waals surface area contributed by atoms with E-state index in [-0.39, 0.29) is 21.4 Å². The zero-order chi connectivity index (χ0) is 18.9. The van der Waals surface area contributed by atoms with Crippen LogP contribution in [0.2, 0.25) is 10.2 Å². The van der Waals surface area contributed by atoms with Gasteiger partial charge in [-0.15, -0.1) is 0 Å². The molecule has 1 unspecified atom stereocenters. The average molecular weight is 385 g/mol. The summed E-state index contributed by atoms with van der Waals surface area (Å²) >= 11 is 11.8. The van der Waals surface area contributed by atoms with Crippen molar-refractivity contribution in [2.75, 3.05) is 14.1 Å². The van der Waals surface area contributed by atoms with Crippen molar-refractivity contribution in [3.63, 3.8) is 0 Å². The van der Waals surface area contributed by atoms with Gasteiger partial charge in [0.25, 0.3) is 0 Å². The number of ether oxygens (including phenoxy) is 1. The Hall–Kier alpha value is -2.18. The summed E-state index contributed by atoms with van der Waals surface area (Å²) < 4.78 is 18.7. The topological polar surface area (TPSA) is 59.5 Å². The molecule has 1 aromatic heterocycles. The van der Waals surface area contributed by atoms with E-state index in [1.807, 2.05) is 0 Å². The number of halogens is 3. The maximum Gasteiger partial charge on any atom is 0.354 e. The van der Waals surface area contributed by atoms with Crippen LogP contribution in [-0.2, 0) is 9.53 Å². The van der Waals surface area contributed by atoms with E-state index in [9.17, 15) is 14.0 Å². The minimum Gasteiger partial charge on any atom is -0.450 e. The van der Waals surface area contributed by atoms with Crippen molar-refractivity contribution >= 4 is 45.9 Å². The Labute approximate surface area is 154 Å². The SMILES string of the molecule is C=C(C(=O)OC(C)C(=O)c1cc2cc(F)c(Cl)cc2nc1Cl)N(C)C. The lowest BCUT2D eigenvalue weighted by molar-refractivity contribution is -0.143. The molecule has 132 valence electrons. The molecule has 1 aromatic carbocycles. The van der Waals surface area contributed by atoms with Gasteiger partial charge in [-0.2, -0.15) is 0 Å². The van der Waals surface area contributed by atoms with E-state index < -0.39 is 23.7 Å². The summed E-state index contributed by atoms with van der Waals surface area (Å²) in [6.45, 7) is 4.97. The third-order valence-electron chi connectivity index (χ3n) is 3.50. The van der Waals surface area contributed by atoms with Gasteiger partial charge in [-0.25, -0.2) is 14.2 Å². The molecule has 0 aliphatic rings. The van der Waals surface area contributed by atoms with Crippen LogP contribution in [0.15, 0.2) is 30.5 Å². The molecule has 0 saturated heterocycles. The van der Waals surface area contributed by atoms with Gasteiger partial charge < -0.3 is 9.64 Å². The normalized spacial score (nSPS) is 11.9. The average Bonchev–Trinajstić information content (AvgIpc) is 2.54. The second-order valence-corrected chi connectivity index (χ2v) is 6.30. The Kier molecular flexibility index (Phi) is 5.65.